The molecule has 2 heterocycles. The predicted molar refractivity (Wildman–Crippen MR) is 103 cm³/mol. The van der Waals surface area contributed by atoms with E-state index in [2.05, 4.69) is 28.0 Å². The summed E-state index contributed by atoms with van der Waals surface area (Å²) in [6.45, 7) is 5.34. The van der Waals surface area contributed by atoms with E-state index in [4.69, 9.17) is 4.74 Å². The lowest BCUT2D eigenvalue weighted by Gasteiger charge is -2.47. The molecule has 0 aromatic heterocycles. The molecule has 4 rings (SSSR count). The van der Waals surface area contributed by atoms with Gasteiger partial charge >= 0.3 is 0 Å². The minimum Gasteiger partial charge on any atom is -0.497 e. The molecule has 0 unspecified atom stereocenters. The van der Waals surface area contributed by atoms with E-state index in [0.717, 1.165) is 38.2 Å². The Kier molecular flexibility index (Phi) is 5.21. The van der Waals surface area contributed by atoms with Crippen LogP contribution in [0.25, 0.3) is 0 Å². The fourth-order valence-corrected chi connectivity index (χ4v) is 4.83. The van der Waals surface area contributed by atoms with Crippen molar-refractivity contribution in [3.8, 4) is 5.75 Å². The van der Waals surface area contributed by atoms with Crippen molar-refractivity contribution >= 4 is 5.91 Å². The number of rotatable bonds is 4. The van der Waals surface area contributed by atoms with Crippen molar-refractivity contribution in [2.45, 2.75) is 51.5 Å². The summed E-state index contributed by atoms with van der Waals surface area (Å²) in [6.07, 6.45) is 8.47. The van der Waals surface area contributed by atoms with Crippen LogP contribution in [0.1, 0.15) is 50.5 Å². The van der Waals surface area contributed by atoms with Gasteiger partial charge in [-0.1, -0.05) is 18.6 Å². The molecule has 1 aliphatic carbocycles. The first kappa shape index (κ1) is 17.8. The molecule has 4 heteroatoms. The number of carbonyl (C=O) groups excluding carboxylic acids is 1. The summed E-state index contributed by atoms with van der Waals surface area (Å²) in [6, 6.07) is 8.42. The topological polar surface area (TPSA) is 32.8 Å². The zero-order valence-corrected chi connectivity index (χ0v) is 16.1. The molecule has 0 N–H and O–H groups in total. The Labute approximate surface area is 157 Å². The molecule has 1 saturated carbocycles. The SMILES string of the molecule is COc1cccc(CN2CCC3(CC2)CCN(C(=O)C2CCC2)CC3)c1. The first-order valence-electron chi connectivity index (χ1n) is 10.3. The summed E-state index contributed by atoms with van der Waals surface area (Å²) >= 11 is 0. The fraction of sp³-hybridized carbons (Fsp3) is 0.682. The number of likely N-dealkylation sites (tertiary alicyclic amines) is 2. The van der Waals surface area contributed by atoms with E-state index >= 15 is 0 Å². The molecule has 2 saturated heterocycles. The third kappa shape index (κ3) is 3.75. The number of hydrogen-bond acceptors (Lipinski definition) is 3. The molecule has 2 aliphatic heterocycles. The molecule has 4 nitrogen and oxygen atoms in total. The quantitative estimate of drug-likeness (QED) is 0.825. The standard InChI is InChI=1S/C22H32N2O2/c1-26-20-7-2-4-18(16-20)17-23-12-8-22(9-13-23)10-14-24(15-11-22)21(25)19-5-3-6-19/h2,4,7,16,19H,3,5-6,8-15,17H2,1H3. The average Bonchev–Trinajstić information content (AvgIpc) is 2.63. The van der Waals surface area contributed by atoms with Crippen LogP contribution in [0.4, 0.5) is 0 Å². The molecule has 0 radical (unpaired) electrons. The van der Waals surface area contributed by atoms with Gasteiger partial charge in [0, 0.05) is 25.6 Å². The number of nitrogens with zero attached hydrogens (tertiary/aromatic N) is 2. The van der Waals surface area contributed by atoms with Gasteiger partial charge in [-0.15, -0.1) is 0 Å². The lowest BCUT2D eigenvalue weighted by atomic mass is 9.71. The summed E-state index contributed by atoms with van der Waals surface area (Å²) < 4.78 is 5.34. The lowest BCUT2D eigenvalue weighted by Crippen LogP contribution is -2.49. The minimum absolute atomic E-state index is 0.355. The molecule has 0 atom stereocenters. The number of piperidine rings is 2. The highest BCUT2D eigenvalue weighted by Gasteiger charge is 2.40. The number of methoxy groups -OCH3 is 1. The maximum atomic E-state index is 12.5. The average molecular weight is 357 g/mol. The van der Waals surface area contributed by atoms with Crippen LogP contribution in [0.3, 0.4) is 0 Å². The zero-order valence-electron chi connectivity index (χ0n) is 16.1. The summed E-state index contributed by atoms with van der Waals surface area (Å²) in [7, 11) is 1.73. The van der Waals surface area contributed by atoms with Crippen LogP contribution in [0.5, 0.6) is 5.75 Å². The van der Waals surface area contributed by atoms with Crippen LogP contribution in [0, 0.1) is 11.3 Å². The maximum Gasteiger partial charge on any atom is 0.225 e. The zero-order chi connectivity index (χ0) is 18.0. The van der Waals surface area contributed by atoms with E-state index in [1.165, 1.54) is 50.8 Å². The number of hydrogen-bond donors (Lipinski definition) is 0. The van der Waals surface area contributed by atoms with Gasteiger partial charge in [-0.2, -0.15) is 0 Å². The first-order chi connectivity index (χ1) is 12.7. The summed E-state index contributed by atoms with van der Waals surface area (Å²) in [5.41, 5.74) is 1.82. The largest absolute Gasteiger partial charge is 0.497 e. The van der Waals surface area contributed by atoms with Gasteiger partial charge in [-0.25, -0.2) is 0 Å². The molecule has 142 valence electrons. The van der Waals surface area contributed by atoms with E-state index in [1.54, 1.807) is 7.11 Å². The van der Waals surface area contributed by atoms with Crippen molar-refractivity contribution in [2.24, 2.45) is 11.3 Å². The summed E-state index contributed by atoms with van der Waals surface area (Å²) in [5, 5.41) is 0. The number of ether oxygens (including phenoxy) is 1. The third-order valence-electron chi connectivity index (χ3n) is 7.05. The first-order valence-corrected chi connectivity index (χ1v) is 10.3. The fourth-order valence-electron chi connectivity index (χ4n) is 4.83. The Morgan fingerprint density at radius 1 is 1.12 bits per heavy atom. The monoisotopic (exact) mass is 356 g/mol. The highest BCUT2D eigenvalue weighted by atomic mass is 16.5. The number of amides is 1. The van der Waals surface area contributed by atoms with Gasteiger partial charge in [-0.3, -0.25) is 9.69 Å². The van der Waals surface area contributed by atoms with Crippen LogP contribution in [0.15, 0.2) is 24.3 Å². The minimum atomic E-state index is 0.355. The highest BCUT2D eigenvalue weighted by Crippen LogP contribution is 2.42. The Balaban J connectivity index is 1.26. The molecule has 1 spiro atoms. The molecule has 1 aromatic rings. The molecule has 0 bridgehead atoms. The third-order valence-corrected chi connectivity index (χ3v) is 7.05. The summed E-state index contributed by atoms with van der Waals surface area (Å²) in [5.74, 6) is 1.75. The second-order valence-corrected chi connectivity index (χ2v) is 8.58. The van der Waals surface area contributed by atoms with Crippen LogP contribution < -0.4 is 4.74 Å². The lowest BCUT2D eigenvalue weighted by molar-refractivity contribution is -0.141. The van der Waals surface area contributed by atoms with Gasteiger partial charge in [0.15, 0.2) is 0 Å². The van der Waals surface area contributed by atoms with Crippen molar-refractivity contribution in [1.29, 1.82) is 0 Å². The van der Waals surface area contributed by atoms with Gasteiger partial charge < -0.3 is 9.64 Å². The normalized spacial score (nSPS) is 23.7. The van der Waals surface area contributed by atoms with Crippen LogP contribution in [-0.4, -0.2) is 49.0 Å². The molecule has 3 fully saturated rings. The molecular formula is C22H32N2O2. The molecule has 3 aliphatic rings. The Bertz CT molecular complexity index is 623. The summed E-state index contributed by atoms with van der Waals surface area (Å²) in [4.78, 5) is 17.2. The number of benzene rings is 1. The van der Waals surface area contributed by atoms with Gasteiger partial charge in [-0.05, 0) is 74.7 Å². The Hall–Kier alpha value is -1.55. The Morgan fingerprint density at radius 3 is 2.42 bits per heavy atom. The van der Waals surface area contributed by atoms with E-state index in [1.807, 2.05) is 6.07 Å². The van der Waals surface area contributed by atoms with Crippen molar-refractivity contribution in [3.05, 3.63) is 29.8 Å². The second-order valence-electron chi connectivity index (χ2n) is 8.58. The van der Waals surface area contributed by atoms with Gasteiger partial charge in [0.05, 0.1) is 7.11 Å². The van der Waals surface area contributed by atoms with E-state index in [-0.39, 0.29) is 0 Å². The van der Waals surface area contributed by atoms with Crippen molar-refractivity contribution < 1.29 is 9.53 Å². The highest BCUT2D eigenvalue weighted by molar-refractivity contribution is 5.79. The van der Waals surface area contributed by atoms with Crippen molar-refractivity contribution in [2.75, 3.05) is 33.3 Å². The van der Waals surface area contributed by atoms with Gasteiger partial charge in [0.2, 0.25) is 5.91 Å². The van der Waals surface area contributed by atoms with Crippen molar-refractivity contribution in [3.63, 3.8) is 0 Å². The van der Waals surface area contributed by atoms with Gasteiger partial charge in [0.25, 0.3) is 0 Å². The van der Waals surface area contributed by atoms with Gasteiger partial charge in [0.1, 0.15) is 5.75 Å². The van der Waals surface area contributed by atoms with E-state index in [9.17, 15) is 4.79 Å². The van der Waals surface area contributed by atoms with Crippen LogP contribution in [-0.2, 0) is 11.3 Å². The Morgan fingerprint density at radius 2 is 1.81 bits per heavy atom. The van der Waals surface area contributed by atoms with E-state index < -0.39 is 0 Å². The second kappa shape index (κ2) is 7.59. The number of carbonyl (C=O) groups is 1. The predicted octanol–water partition coefficient (Wildman–Crippen LogP) is 3.70. The van der Waals surface area contributed by atoms with Crippen LogP contribution >= 0.6 is 0 Å². The molecule has 1 amide bonds. The smallest absolute Gasteiger partial charge is 0.225 e. The molecule has 26 heavy (non-hydrogen) atoms. The molecular weight excluding hydrogens is 324 g/mol. The molecule has 1 aromatic carbocycles. The van der Waals surface area contributed by atoms with Crippen molar-refractivity contribution in [1.82, 2.24) is 9.80 Å². The van der Waals surface area contributed by atoms with Crippen LogP contribution in [0.2, 0.25) is 0 Å². The maximum absolute atomic E-state index is 12.5. The van der Waals surface area contributed by atoms with E-state index in [0.29, 0.717) is 17.2 Å².